The van der Waals surface area contributed by atoms with Gasteiger partial charge < -0.3 is 5.32 Å². The summed E-state index contributed by atoms with van der Waals surface area (Å²) in [5, 5.41) is 3.70. The van der Waals surface area contributed by atoms with Gasteiger partial charge in [0.05, 0.1) is 11.2 Å². The highest BCUT2D eigenvalue weighted by Crippen LogP contribution is 2.29. The fourth-order valence-electron chi connectivity index (χ4n) is 2.68. The highest BCUT2D eigenvalue weighted by Gasteiger charge is 2.33. The van der Waals surface area contributed by atoms with Gasteiger partial charge in [0, 0.05) is 36.6 Å². The van der Waals surface area contributed by atoms with Crippen LogP contribution in [-0.2, 0) is 6.42 Å². The molecule has 1 aliphatic carbocycles. The second kappa shape index (κ2) is 5.04. The quantitative estimate of drug-likeness (QED) is 0.865. The molecule has 0 aromatic carbocycles. The van der Waals surface area contributed by atoms with Crippen LogP contribution < -0.4 is 5.32 Å². The van der Waals surface area contributed by atoms with Crippen molar-refractivity contribution in [1.82, 2.24) is 15.2 Å². The number of aryl methyl sites for hydroxylation is 1. The molecule has 1 N–H and O–H groups in total. The predicted octanol–water partition coefficient (Wildman–Crippen LogP) is 1.82. The van der Waals surface area contributed by atoms with Gasteiger partial charge in [-0.3, -0.25) is 4.90 Å². The van der Waals surface area contributed by atoms with Crippen LogP contribution >= 0.6 is 11.3 Å². The molecule has 1 aromatic rings. The zero-order chi connectivity index (χ0) is 11.7. The van der Waals surface area contributed by atoms with Crippen molar-refractivity contribution in [3.8, 4) is 0 Å². The van der Waals surface area contributed by atoms with E-state index in [1.165, 1.54) is 42.9 Å². The van der Waals surface area contributed by atoms with Crippen LogP contribution in [0.5, 0.6) is 0 Å². The molecule has 1 unspecified atom stereocenters. The lowest BCUT2D eigenvalue weighted by Gasteiger charge is -2.15. The first-order valence-electron chi connectivity index (χ1n) is 6.69. The van der Waals surface area contributed by atoms with Crippen LogP contribution in [-0.4, -0.2) is 41.6 Å². The van der Waals surface area contributed by atoms with Gasteiger partial charge in [0.1, 0.15) is 0 Å². The molecular formula is C13H21N3S. The van der Waals surface area contributed by atoms with Crippen LogP contribution in [0.15, 0.2) is 5.51 Å². The van der Waals surface area contributed by atoms with E-state index in [1.54, 1.807) is 11.3 Å². The van der Waals surface area contributed by atoms with E-state index in [0.717, 1.165) is 25.0 Å². The van der Waals surface area contributed by atoms with Crippen LogP contribution in [0.1, 0.15) is 29.8 Å². The largest absolute Gasteiger partial charge is 0.312 e. The van der Waals surface area contributed by atoms with E-state index in [0.29, 0.717) is 0 Å². The van der Waals surface area contributed by atoms with Gasteiger partial charge in [-0.15, -0.1) is 11.3 Å². The Morgan fingerprint density at radius 1 is 1.47 bits per heavy atom. The summed E-state index contributed by atoms with van der Waals surface area (Å²) in [6.45, 7) is 5.79. The lowest BCUT2D eigenvalue weighted by Crippen LogP contribution is -2.34. The first kappa shape index (κ1) is 11.6. The summed E-state index contributed by atoms with van der Waals surface area (Å²) in [4.78, 5) is 8.39. The fraction of sp³-hybridized carbons (Fsp3) is 0.769. The van der Waals surface area contributed by atoms with Gasteiger partial charge >= 0.3 is 0 Å². The average molecular weight is 251 g/mol. The molecule has 94 valence electrons. The Bertz CT molecular complexity index is 372. The Balaban J connectivity index is 1.39. The number of aromatic nitrogens is 1. The molecule has 2 fully saturated rings. The van der Waals surface area contributed by atoms with Crippen molar-refractivity contribution in [2.24, 2.45) is 0 Å². The van der Waals surface area contributed by atoms with E-state index >= 15 is 0 Å². The first-order valence-corrected chi connectivity index (χ1v) is 7.57. The van der Waals surface area contributed by atoms with E-state index < -0.39 is 0 Å². The maximum atomic E-state index is 4.29. The molecule has 0 spiro atoms. The van der Waals surface area contributed by atoms with Crippen molar-refractivity contribution in [1.29, 1.82) is 0 Å². The maximum Gasteiger partial charge on any atom is 0.0797 e. The molecule has 4 heteroatoms. The number of nitrogens with one attached hydrogen (secondary N) is 1. The highest BCUT2D eigenvalue weighted by molar-refractivity contribution is 7.09. The van der Waals surface area contributed by atoms with E-state index in [-0.39, 0.29) is 0 Å². The summed E-state index contributed by atoms with van der Waals surface area (Å²) < 4.78 is 0. The van der Waals surface area contributed by atoms with Gasteiger partial charge in [0.2, 0.25) is 0 Å². The van der Waals surface area contributed by atoms with E-state index in [4.69, 9.17) is 0 Å². The Kier molecular flexibility index (Phi) is 3.45. The van der Waals surface area contributed by atoms with Gasteiger partial charge in [-0.2, -0.15) is 0 Å². The third-order valence-corrected chi connectivity index (χ3v) is 4.91. The summed E-state index contributed by atoms with van der Waals surface area (Å²) in [5.41, 5.74) is 3.16. The van der Waals surface area contributed by atoms with E-state index in [1.807, 2.05) is 5.51 Å². The smallest absolute Gasteiger partial charge is 0.0797 e. The highest BCUT2D eigenvalue weighted by atomic mass is 32.1. The van der Waals surface area contributed by atoms with Crippen molar-refractivity contribution in [2.45, 2.75) is 44.7 Å². The van der Waals surface area contributed by atoms with Crippen molar-refractivity contribution >= 4 is 11.3 Å². The molecule has 17 heavy (non-hydrogen) atoms. The molecule has 2 heterocycles. The summed E-state index contributed by atoms with van der Waals surface area (Å²) in [6, 6.07) is 1.66. The number of rotatable bonds is 5. The maximum absolute atomic E-state index is 4.29. The molecule has 1 atom stereocenters. The third kappa shape index (κ3) is 2.87. The van der Waals surface area contributed by atoms with Gasteiger partial charge in [0.15, 0.2) is 0 Å². The molecular weight excluding hydrogens is 230 g/mol. The molecule has 3 rings (SSSR count). The van der Waals surface area contributed by atoms with Crippen molar-refractivity contribution in [2.75, 3.05) is 19.6 Å². The van der Waals surface area contributed by atoms with E-state index in [2.05, 4.69) is 22.1 Å². The monoisotopic (exact) mass is 251 g/mol. The second-order valence-corrected chi connectivity index (χ2v) is 6.22. The van der Waals surface area contributed by atoms with Crippen molar-refractivity contribution in [3.05, 3.63) is 16.1 Å². The Hall–Kier alpha value is -0.450. The summed E-state index contributed by atoms with van der Waals surface area (Å²) in [6.07, 6.45) is 5.34. The summed E-state index contributed by atoms with van der Waals surface area (Å²) in [5.74, 6) is 0. The summed E-state index contributed by atoms with van der Waals surface area (Å²) >= 11 is 1.79. The molecule has 2 aliphatic rings. The molecule has 1 saturated carbocycles. The van der Waals surface area contributed by atoms with Gasteiger partial charge in [0.25, 0.3) is 0 Å². The zero-order valence-electron chi connectivity index (χ0n) is 10.5. The molecule has 1 aliphatic heterocycles. The van der Waals surface area contributed by atoms with Crippen LogP contribution in [0.3, 0.4) is 0 Å². The first-order chi connectivity index (χ1) is 8.33. The minimum atomic E-state index is 0.726. The third-order valence-electron chi connectivity index (χ3n) is 3.91. The lowest BCUT2D eigenvalue weighted by atomic mass is 10.2. The standard InChI is InChI=1S/C13H21N3S/c1-10-13(17-9-15-10)4-6-14-11-5-7-16(8-11)12-2-3-12/h9,11-12,14H,2-8H2,1H3. The van der Waals surface area contributed by atoms with Gasteiger partial charge in [-0.1, -0.05) is 0 Å². The van der Waals surface area contributed by atoms with Gasteiger partial charge in [-0.25, -0.2) is 4.98 Å². The number of hydrogen-bond donors (Lipinski definition) is 1. The number of nitrogens with zero attached hydrogens (tertiary/aromatic N) is 2. The van der Waals surface area contributed by atoms with Crippen LogP contribution in [0.2, 0.25) is 0 Å². The van der Waals surface area contributed by atoms with E-state index in [9.17, 15) is 0 Å². The Labute approximate surface area is 107 Å². The lowest BCUT2D eigenvalue weighted by molar-refractivity contribution is 0.318. The minimum absolute atomic E-state index is 0.726. The Morgan fingerprint density at radius 3 is 3.06 bits per heavy atom. The molecule has 0 amide bonds. The zero-order valence-corrected chi connectivity index (χ0v) is 11.3. The minimum Gasteiger partial charge on any atom is -0.312 e. The van der Waals surface area contributed by atoms with Crippen molar-refractivity contribution in [3.63, 3.8) is 0 Å². The fourth-order valence-corrected chi connectivity index (χ4v) is 3.46. The second-order valence-electron chi connectivity index (χ2n) is 5.28. The topological polar surface area (TPSA) is 28.2 Å². The number of thiazole rings is 1. The molecule has 1 aromatic heterocycles. The SMILES string of the molecule is Cc1ncsc1CCNC1CCN(C2CC2)C1. The van der Waals surface area contributed by atoms with Crippen LogP contribution in [0.25, 0.3) is 0 Å². The van der Waals surface area contributed by atoms with Crippen LogP contribution in [0.4, 0.5) is 0 Å². The normalized spacial score (nSPS) is 25.6. The number of likely N-dealkylation sites (tertiary alicyclic amines) is 1. The van der Waals surface area contributed by atoms with Crippen molar-refractivity contribution < 1.29 is 0 Å². The summed E-state index contributed by atoms with van der Waals surface area (Å²) in [7, 11) is 0. The molecule has 1 saturated heterocycles. The molecule has 3 nitrogen and oxygen atoms in total. The Morgan fingerprint density at radius 2 is 2.35 bits per heavy atom. The average Bonchev–Trinajstić information content (AvgIpc) is 2.94. The number of hydrogen-bond acceptors (Lipinski definition) is 4. The van der Waals surface area contributed by atoms with Gasteiger partial charge in [-0.05, 0) is 32.6 Å². The predicted molar refractivity (Wildman–Crippen MR) is 71.6 cm³/mol. The van der Waals surface area contributed by atoms with Crippen LogP contribution in [0, 0.1) is 6.92 Å². The molecule has 0 bridgehead atoms. The molecule has 0 radical (unpaired) electrons.